The second-order valence-corrected chi connectivity index (χ2v) is 28.7. The third-order valence-electron chi connectivity index (χ3n) is 19.8. The summed E-state index contributed by atoms with van der Waals surface area (Å²) in [5.74, 6) is -1.98. The zero-order valence-corrected chi connectivity index (χ0v) is 69.1. The van der Waals surface area contributed by atoms with Crippen molar-refractivity contribution in [3.05, 3.63) is 177 Å². The summed E-state index contributed by atoms with van der Waals surface area (Å²) in [4.78, 5) is 133. The summed E-state index contributed by atoms with van der Waals surface area (Å²) >= 11 is 0. The molecule has 6 aromatic rings. The maximum atomic E-state index is 14.2. The number of nitrogens with one attached hydrogen (secondary N) is 4. The Balaban J connectivity index is 0.613. The summed E-state index contributed by atoms with van der Waals surface area (Å²) in [5, 5.41) is 11.0. The highest BCUT2D eigenvalue weighted by Gasteiger charge is 2.35. The molecule has 0 fully saturated rings. The van der Waals surface area contributed by atoms with Gasteiger partial charge in [0.15, 0.2) is 23.0 Å². The SMILES string of the molecule is CCc1ccccc1CN1CC=Nc2cc(OCc3cc(COc4cc5c(cc4OC)C(=O)N4Cc6ccccc6CC4C=N5)cc(N(C)C(=O)OCc4ccc(NC(=O)[C@H](C)NC(=O)[C@@H](NC(=O)CCOCCOCCOCCOCCOCCOCCOCCOCCNC(=O)CCN5C(=O)C=CC5=O)C(C)C)cc4)c3)c(OC)cc2C1=O. The van der Waals surface area contributed by atoms with Crippen molar-refractivity contribution in [3.8, 4) is 23.0 Å². The number of carbonyl (C=O) groups is 9. The van der Waals surface area contributed by atoms with Crippen molar-refractivity contribution < 1.29 is 105 Å². The lowest BCUT2D eigenvalue weighted by Gasteiger charge is -2.34. The van der Waals surface area contributed by atoms with Gasteiger partial charge in [-0.25, -0.2) is 4.79 Å². The summed E-state index contributed by atoms with van der Waals surface area (Å²) < 4.78 is 74.7. The first-order valence-electron chi connectivity index (χ1n) is 40.2. The van der Waals surface area contributed by atoms with Gasteiger partial charge in [-0.2, -0.15) is 0 Å². The average molecular weight is 1660 g/mol. The van der Waals surface area contributed by atoms with Gasteiger partial charge in [-0.1, -0.05) is 81.4 Å². The molecule has 4 heterocycles. The number of aliphatic imine (C=N–C) groups is 2. The van der Waals surface area contributed by atoms with E-state index in [0.29, 0.717) is 192 Å². The predicted molar refractivity (Wildman–Crippen MR) is 444 cm³/mol. The number of rotatable bonds is 50. The molecule has 0 saturated carbocycles. The summed E-state index contributed by atoms with van der Waals surface area (Å²) in [6.07, 6.45) is 6.65. The number of ether oxygens (including phenoxy) is 13. The smallest absolute Gasteiger partial charge is 0.414 e. The van der Waals surface area contributed by atoms with Crippen molar-refractivity contribution >= 4 is 88.5 Å². The predicted octanol–water partition coefficient (Wildman–Crippen LogP) is 8.38. The Morgan fingerprint density at radius 2 is 1.07 bits per heavy atom. The number of benzene rings is 6. The number of fused-ring (bicyclic) bond motifs is 4. The third kappa shape index (κ3) is 27.3. The first-order chi connectivity index (χ1) is 58.3. The molecule has 10 rings (SSSR count). The summed E-state index contributed by atoms with van der Waals surface area (Å²) in [6.45, 7) is 13.9. The number of hydrogen-bond donors (Lipinski definition) is 4. The third-order valence-corrected chi connectivity index (χ3v) is 19.8. The Kier molecular flexibility index (Phi) is 35.8. The molecule has 3 atom stereocenters. The van der Waals surface area contributed by atoms with Gasteiger partial charge in [0, 0.05) is 94.2 Å². The van der Waals surface area contributed by atoms with Crippen molar-refractivity contribution in [2.75, 3.05) is 157 Å². The number of hydrogen-bond acceptors (Lipinski definition) is 24. The fraction of sp³-hybridized carbons (Fsp3) is 0.443. The Labute approximate surface area is 698 Å². The Bertz CT molecular complexity index is 4560. The minimum absolute atomic E-state index is 0.0117. The van der Waals surface area contributed by atoms with Crippen LogP contribution in [0.5, 0.6) is 23.0 Å². The standard InChI is InChI=1S/C88H108N10O22/c1-8-64-13-9-11-15-66(64)54-96-28-25-89-73-51-77(75(108-6)49-71(73)86(96)105)118-57-62-45-63(58-119-78-52-74-72(50-76(78)109-7)87(106)98-55-67-16-12-10-14-65(67)48-70(98)53-91-74)47-69(46-62)95(5)88(107)120-56-61-17-19-68(20-18-61)93-84(103)60(4)92-85(104)83(59(2)3)94-80(100)24-29-110-31-33-112-35-37-114-39-41-116-43-44-117-42-40-115-38-36-113-34-32-111-30-26-90-79(99)23-27-97-81(101)21-22-82(97)102/h9-22,25,45-47,49-53,59-60,70,83H,8,23-24,26-44,48,54-58H2,1-7H3,(H,90,99)(H,92,104)(H,93,103)(H,94,100)/t60-,70?,83-/m0/s1. The van der Waals surface area contributed by atoms with E-state index < -0.39 is 47.7 Å². The summed E-state index contributed by atoms with van der Waals surface area (Å²) in [7, 11) is 4.57. The lowest BCUT2D eigenvalue weighted by atomic mass is 9.94. The van der Waals surface area contributed by atoms with Crippen molar-refractivity contribution in [2.45, 2.75) is 104 Å². The van der Waals surface area contributed by atoms with E-state index in [9.17, 15) is 43.2 Å². The van der Waals surface area contributed by atoms with Crippen LogP contribution in [0.15, 0.2) is 137 Å². The van der Waals surface area contributed by atoms with E-state index in [4.69, 9.17) is 66.6 Å². The molecule has 4 aliphatic rings. The first kappa shape index (κ1) is 90.8. The highest BCUT2D eigenvalue weighted by molar-refractivity contribution is 6.13. The van der Waals surface area contributed by atoms with Crippen molar-refractivity contribution in [2.24, 2.45) is 15.9 Å². The van der Waals surface area contributed by atoms with Gasteiger partial charge in [0.25, 0.3) is 23.6 Å². The number of aryl methyl sites for hydroxylation is 1. The molecule has 0 radical (unpaired) electrons. The molecular formula is C88H108N10O22. The van der Waals surface area contributed by atoms with Gasteiger partial charge in [-0.3, -0.25) is 58.1 Å². The second kappa shape index (κ2) is 47.3. The van der Waals surface area contributed by atoms with E-state index in [1.165, 1.54) is 43.8 Å². The molecule has 6 aromatic carbocycles. The van der Waals surface area contributed by atoms with E-state index in [-0.39, 0.29) is 88.7 Å². The molecule has 4 aliphatic heterocycles. The molecule has 0 spiro atoms. The molecule has 0 saturated heterocycles. The molecule has 0 bridgehead atoms. The largest absolute Gasteiger partial charge is 0.493 e. The van der Waals surface area contributed by atoms with E-state index >= 15 is 0 Å². The number of nitrogens with zero attached hydrogens (tertiary/aromatic N) is 6. The van der Waals surface area contributed by atoms with Crippen LogP contribution in [0.1, 0.15) is 100 Å². The Morgan fingerprint density at radius 1 is 0.542 bits per heavy atom. The van der Waals surface area contributed by atoms with Crippen LogP contribution in [0.25, 0.3) is 0 Å². The highest BCUT2D eigenvalue weighted by atomic mass is 16.6. The normalized spacial score (nSPS) is 14.5. The van der Waals surface area contributed by atoms with Crippen LogP contribution >= 0.6 is 0 Å². The second-order valence-electron chi connectivity index (χ2n) is 28.7. The summed E-state index contributed by atoms with van der Waals surface area (Å²) in [6, 6.07) is 32.7. The molecular weight excluding hydrogens is 1550 g/mol. The minimum Gasteiger partial charge on any atom is -0.493 e. The van der Waals surface area contributed by atoms with Gasteiger partial charge in [0.05, 0.1) is 155 Å². The molecule has 9 amide bonds. The lowest BCUT2D eigenvalue weighted by molar-refractivity contribution is -0.137. The van der Waals surface area contributed by atoms with Crippen LogP contribution in [0, 0.1) is 5.92 Å². The number of amides is 9. The van der Waals surface area contributed by atoms with Gasteiger partial charge in [0.2, 0.25) is 23.6 Å². The summed E-state index contributed by atoms with van der Waals surface area (Å²) in [5.41, 5.74) is 8.73. The Hall–Kier alpha value is -11.5. The molecule has 120 heavy (non-hydrogen) atoms. The zero-order valence-electron chi connectivity index (χ0n) is 69.1. The van der Waals surface area contributed by atoms with Crippen LogP contribution in [0.3, 0.4) is 0 Å². The van der Waals surface area contributed by atoms with Crippen molar-refractivity contribution in [3.63, 3.8) is 0 Å². The van der Waals surface area contributed by atoms with Gasteiger partial charge in [0.1, 0.15) is 31.9 Å². The van der Waals surface area contributed by atoms with E-state index in [1.54, 1.807) is 92.7 Å². The van der Waals surface area contributed by atoms with E-state index in [2.05, 4.69) is 45.3 Å². The van der Waals surface area contributed by atoms with Crippen LogP contribution in [0.4, 0.5) is 27.5 Å². The van der Waals surface area contributed by atoms with Crippen LogP contribution in [0.2, 0.25) is 0 Å². The first-order valence-corrected chi connectivity index (χ1v) is 40.2. The maximum absolute atomic E-state index is 14.2. The molecule has 4 N–H and O–H groups in total. The fourth-order valence-electron chi connectivity index (χ4n) is 13.2. The Morgan fingerprint density at radius 3 is 1.64 bits per heavy atom. The van der Waals surface area contributed by atoms with Gasteiger partial charge < -0.3 is 92.6 Å². The van der Waals surface area contributed by atoms with Crippen LogP contribution in [-0.2, 0) is 117 Å². The van der Waals surface area contributed by atoms with Gasteiger partial charge in [-0.05, 0) is 107 Å². The van der Waals surface area contributed by atoms with E-state index in [1.807, 2.05) is 53.6 Å². The van der Waals surface area contributed by atoms with Crippen molar-refractivity contribution in [1.29, 1.82) is 0 Å². The van der Waals surface area contributed by atoms with Gasteiger partial charge in [-0.15, -0.1) is 0 Å². The monoisotopic (exact) mass is 1660 g/mol. The lowest BCUT2D eigenvalue weighted by Crippen LogP contribution is -2.53. The average Bonchev–Trinajstić information content (AvgIpc) is 1.58. The molecule has 642 valence electrons. The highest BCUT2D eigenvalue weighted by Crippen LogP contribution is 2.41. The maximum Gasteiger partial charge on any atom is 0.414 e. The number of methoxy groups -OCH3 is 2. The van der Waals surface area contributed by atoms with Gasteiger partial charge >= 0.3 is 6.09 Å². The minimum atomic E-state index is -0.995. The quantitative estimate of drug-likeness (QED) is 0.0206. The number of carbonyl (C=O) groups excluding carboxylic acids is 9. The topological polar surface area (TPSA) is 359 Å². The van der Waals surface area contributed by atoms with Crippen molar-refractivity contribution in [1.82, 2.24) is 30.7 Å². The van der Waals surface area contributed by atoms with Crippen LogP contribution < -0.4 is 45.1 Å². The number of imide groups is 1. The molecule has 1 unspecified atom stereocenters. The zero-order chi connectivity index (χ0) is 85.1. The number of anilines is 2. The molecule has 0 aliphatic carbocycles. The molecule has 32 nitrogen and oxygen atoms in total. The fourth-order valence-corrected chi connectivity index (χ4v) is 13.2. The molecule has 0 aromatic heterocycles. The van der Waals surface area contributed by atoms with E-state index in [0.717, 1.165) is 28.0 Å². The van der Waals surface area contributed by atoms with Crippen LogP contribution in [-0.4, -0.2) is 245 Å². The molecule has 32 heteroatoms.